The Labute approximate surface area is 87.3 Å². The second-order valence-corrected chi connectivity index (χ2v) is 4.43. The maximum absolute atomic E-state index is 5.87. The van der Waals surface area contributed by atoms with Gasteiger partial charge in [0.2, 0.25) is 0 Å². The molecule has 0 amide bonds. The zero-order valence-corrected chi connectivity index (χ0v) is 9.51. The largest absolute Gasteiger partial charge is 0.399 e. The van der Waals surface area contributed by atoms with Crippen LogP contribution >= 0.6 is 0 Å². The van der Waals surface area contributed by atoms with Gasteiger partial charge in [0.25, 0.3) is 0 Å². The number of rotatable bonds is 4. The normalized spacial score (nSPS) is 10.9. The summed E-state index contributed by atoms with van der Waals surface area (Å²) in [5.41, 5.74) is 9.53. The summed E-state index contributed by atoms with van der Waals surface area (Å²) in [5.74, 6) is 0.700. The summed E-state index contributed by atoms with van der Waals surface area (Å²) in [4.78, 5) is 0. The number of aryl methyl sites for hydroxylation is 1. The molecule has 2 N–H and O–H groups in total. The van der Waals surface area contributed by atoms with Gasteiger partial charge in [0.1, 0.15) is 0 Å². The first-order valence-corrected chi connectivity index (χ1v) is 5.50. The second kappa shape index (κ2) is 5.04. The third-order valence-corrected chi connectivity index (χ3v) is 2.26. The third-order valence-electron chi connectivity index (χ3n) is 2.26. The summed E-state index contributed by atoms with van der Waals surface area (Å²) < 4.78 is 0. The molecule has 14 heavy (non-hydrogen) atoms. The minimum absolute atomic E-state index is 0.700. The van der Waals surface area contributed by atoms with Gasteiger partial charge in [-0.2, -0.15) is 0 Å². The van der Waals surface area contributed by atoms with Crippen LogP contribution in [0.15, 0.2) is 18.2 Å². The lowest BCUT2D eigenvalue weighted by Gasteiger charge is -2.08. The van der Waals surface area contributed by atoms with Crippen molar-refractivity contribution < 1.29 is 0 Å². The summed E-state index contributed by atoms with van der Waals surface area (Å²) in [6.07, 6.45) is 3.45. The Kier molecular flexibility index (Phi) is 3.99. The van der Waals surface area contributed by atoms with Crippen LogP contribution in [0.5, 0.6) is 0 Å². The smallest absolute Gasteiger partial charge is 0.0319 e. The van der Waals surface area contributed by atoms with Crippen LogP contribution in [0.4, 0.5) is 5.69 Å². The van der Waals surface area contributed by atoms with E-state index in [0.717, 1.165) is 18.5 Å². The van der Waals surface area contributed by atoms with Gasteiger partial charge in [0.05, 0.1) is 0 Å². The average Bonchev–Trinajstić information content (AvgIpc) is 2.01. The van der Waals surface area contributed by atoms with Gasteiger partial charge in [0, 0.05) is 5.69 Å². The SMILES string of the molecule is CCCc1cc(N)cc(CC(C)C)c1. The fraction of sp³-hybridized carbons (Fsp3) is 0.538. The van der Waals surface area contributed by atoms with E-state index < -0.39 is 0 Å². The molecule has 1 aromatic carbocycles. The van der Waals surface area contributed by atoms with Crippen molar-refractivity contribution in [2.45, 2.75) is 40.0 Å². The van der Waals surface area contributed by atoms with Crippen molar-refractivity contribution in [1.82, 2.24) is 0 Å². The number of hydrogen-bond donors (Lipinski definition) is 1. The topological polar surface area (TPSA) is 26.0 Å². The summed E-state index contributed by atoms with van der Waals surface area (Å²) >= 11 is 0. The van der Waals surface area contributed by atoms with E-state index in [-0.39, 0.29) is 0 Å². The molecular formula is C13H21N. The zero-order chi connectivity index (χ0) is 10.6. The Morgan fingerprint density at radius 2 is 1.79 bits per heavy atom. The lowest BCUT2D eigenvalue weighted by Crippen LogP contribution is -1.98. The molecule has 0 saturated heterocycles. The van der Waals surface area contributed by atoms with Gasteiger partial charge in [-0.3, -0.25) is 0 Å². The van der Waals surface area contributed by atoms with E-state index >= 15 is 0 Å². The lowest BCUT2D eigenvalue weighted by atomic mass is 9.99. The maximum atomic E-state index is 5.87. The molecule has 78 valence electrons. The van der Waals surface area contributed by atoms with Gasteiger partial charge >= 0.3 is 0 Å². The van der Waals surface area contributed by atoms with Crippen molar-refractivity contribution in [2.75, 3.05) is 5.73 Å². The molecule has 0 heterocycles. The van der Waals surface area contributed by atoms with E-state index in [2.05, 4.69) is 39.0 Å². The van der Waals surface area contributed by atoms with Gasteiger partial charge in [0.15, 0.2) is 0 Å². The van der Waals surface area contributed by atoms with Gasteiger partial charge < -0.3 is 5.73 Å². The van der Waals surface area contributed by atoms with Gasteiger partial charge in [-0.25, -0.2) is 0 Å². The lowest BCUT2D eigenvalue weighted by molar-refractivity contribution is 0.647. The third kappa shape index (κ3) is 3.41. The quantitative estimate of drug-likeness (QED) is 0.725. The average molecular weight is 191 g/mol. The van der Waals surface area contributed by atoms with Crippen molar-refractivity contribution in [3.05, 3.63) is 29.3 Å². The fourth-order valence-electron chi connectivity index (χ4n) is 1.81. The van der Waals surface area contributed by atoms with E-state index in [1.54, 1.807) is 0 Å². The first-order valence-electron chi connectivity index (χ1n) is 5.50. The summed E-state index contributed by atoms with van der Waals surface area (Å²) in [6, 6.07) is 6.48. The first-order chi connectivity index (χ1) is 6.61. The minimum Gasteiger partial charge on any atom is -0.399 e. The number of nitrogen functional groups attached to an aromatic ring is 1. The summed E-state index contributed by atoms with van der Waals surface area (Å²) in [7, 11) is 0. The van der Waals surface area contributed by atoms with Gasteiger partial charge in [-0.1, -0.05) is 33.3 Å². The van der Waals surface area contributed by atoms with Crippen molar-refractivity contribution in [3.8, 4) is 0 Å². The van der Waals surface area contributed by atoms with E-state index in [4.69, 9.17) is 5.73 Å². The van der Waals surface area contributed by atoms with Crippen LogP contribution in [0, 0.1) is 5.92 Å². The second-order valence-electron chi connectivity index (χ2n) is 4.43. The maximum Gasteiger partial charge on any atom is 0.0319 e. The molecule has 0 atom stereocenters. The van der Waals surface area contributed by atoms with Crippen LogP contribution in [0.25, 0.3) is 0 Å². The number of nitrogens with two attached hydrogens (primary N) is 1. The van der Waals surface area contributed by atoms with Crippen LogP contribution < -0.4 is 5.73 Å². The molecule has 0 fully saturated rings. The Bertz CT molecular complexity index is 289. The Hall–Kier alpha value is -0.980. The van der Waals surface area contributed by atoms with E-state index in [1.807, 2.05) is 0 Å². The fourth-order valence-corrected chi connectivity index (χ4v) is 1.81. The molecule has 0 spiro atoms. The highest BCUT2D eigenvalue weighted by Gasteiger charge is 2.01. The van der Waals surface area contributed by atoms with Gasteiger partial charge in [-0.15, -0.1) is 0 Å². The summed E-state index contributed by atoms with van der Waals surface area (Å²) in [6.45, 7) is 6.68. The summed E-state index contributed by atoms with van der Waals surface area (Å²) in [5, 5.41) is 0. The van der Waals surface area contributed by atoms with E-state index in [0.29, 0.717) is 5.92 Å². The van der Waals surface area contributed by atoms with E-state index in [1.165, 1.54) is 17.5 Å². The Morgan fingerprint density at radius 3 is 2.36 bits per heavy atom. The molecule has 1 rings (SSSR count). The van der Waals surface area contributed by atoms with Crippen molar-refractivity contribution in [3.63, 3.8) is 0 Å². The Balaban J connectivity index is 2.83. The number of anilines is 1. The molecule has 0 saturated carbocycles. The molecule has 1 nitrogen and oxygen atoms in total. The first kappa shape index (κ1) is 11.1. The highest BCUT2D eigenvalue weighted by atomic mass is 14.5. The molecule has 0 aliphatic carbocycles. The molecular weight excluding hydrogens is 170 g/mol. The highest BCUT2D eigenvalue weighted by molar-refractivity contribution is 5.44. The number of benzene rings is 1. The van der Waals surface area contributed by atoms with Gasteiger partial charge in [-0.05, 0) is 42.0 Å². The molecule has 0 aliphatic heterocycles. The monoisotopic (exact) mass is 191 g/mol. The molecule has 0 aliphatic rings. The molecule has 0 bridgehead atoms. The molecule has 0 aromatic heterocycles. The van der Waals surface area contributed by atoms with Crippen LogP contribution in [0.2, 0.25) is 0 Å². The molecule has 0 unspecified atom stereocenters. The predicted octanol–water partition coefficient (Wildman–Crippen LogP) is 3.42. The van der Waals surface area contributed by atoms with E-state index in [9.17, 15) is 0 Å². The Morgan fingerprint density at radius 1 is 1.14 bits per heavy atom. The van der Waals surface area contributed by atoms with Crippen LogP contribution in [0.3, 0.4) is 0 Å². The minimum atomic E-state index is 0.700. The van der Waals surface area contributed by atoms with Crippen molar-refractivity contribution in [1.29, 1.82) is 0 Å². The highest BCUT2D eigenvalue weighted by Crippen LogP contribution is 2.16. The molecule has 1 heteroatoms. The van der Waals surface area contributed by atoms with Crippen molar-refractivity contribution in [2.24, 2.45) is 5.92 Å². The van der Waals surface area contributed by atoms with Crippen LogP contribution in [0.1, 0.15) is 38.3 Å². The predicted molar refractivity (Wildman–Crippen MR) is 63.4 cm³/mol. The molecule has 0 radical (unpaired) electrons. The number of hydrogen-bond acceptors (Lipinski definition) is 1. The molecule has 1 aromatic rings. The van der Waals surface area contributed by atoms with Crippen LogP contribution in [-0.2, 0) is 12.8 Å². The standard InChI is InChI=1S/C13H21N/c1-4-5-11-7-12(6-10(2)3)9-13(14)8-11/h7-10H,4-6,14H2,1-3H3. The van der Waals surface area contributed by atoms with Crippen molar-refractivity contribution >= 4 is 5.69 Å². The zero-order valence-electron chi connectivity index (χ0n) is 9.51. The van der Waals surface area contributed by atoms with Crippen LogP contribution in [-0.4, -0.2) is 0 Å².